The number of aliphatic hydroxyl groups is 2. The summed E-state index contributed by atoms with van der Waals surface area (Å²) in [5.74, 6) is 1.25. The normalized spacial score (nSPS) is 31.2. The number of allylic oxidation sites excluding steroid dienone is 2. The average molecular weight is 662 g/mol. The molecule has 7 nitrogen and oxygen atoms in total. The molecule has 2 aromatic rings. The molecule has 1 aromatic heterocycles. The number of benzene rings is 1. The summed E-state index contributed by atoms with van der Waals surface area (Å²) in [5.41, 5.74) is 1.76. The highest BCUT2D eigenvalue weighted by Gasteiger charge is 2.58. The summed E-state index contributed by atoms with van der Waals surface area (Å²) < 4.78 is 11.9. The second-order valence-corrected chi connectivity index (χ2v) is 15.9. The Morgan fingerprint density at radius 3 is 2.62 bits per heavy atom. The van der Waals surface area contributed by atoms with Gasteiger partial charge in [0.2, 0.25) is 5.78 Å². The smallest absolute Gasteiger partial charge is 0.410 e. The van der Waals surface area contributed by atoms with Crippen LogP contribution in [0.15, 0.2) is 52.7 Å². The summed E-state index contributed by atoms with van der Waals surface area (Å²) >= 11 is 0. The van der Waals surface area contributed by atoms with Gasteiger partial charge in [0.15, 0.2) is 5.76 Å². The molecule has 7 heteroatoms. The molecule has 2 fully saturated rings. The van der Waals surface area contributed by atoms with Crippen LogP contribution in [0.5, 0.6) is 0 Å². The van der Waals surface area contributed by atoms with Crippen LogP contribution in [0, 0.1) is 23.2 Å². The lowest BCUT2D eigenvalue weighted by atomic mass is 9.64. The number of carbonyl (C=O) groups excluding carboxylic acids is 2. The maximum Gasteiger partial charge on any atom is 0.410 e. The van der Waals surface area contributed by atoms with Gasteiger partial charge in [-0.3, -0.25) is 4.79 Å². The summed E-state index contributed by atoms with van der Waals surface area (Å²) in [6.45, 7) is 13.7. The Labute approximate surface area is 288 Å². The van der Waals surface area contributed by atoms with E-state index in [1.54, 1.807) is 17.0 Å². The number of ether oxygens (including phenoxy) is 1. The molecule has 4 aliphatic rings. The summed E-state index contributed by atoms with van der Waals surface area (Å²) in [5, 5.41) is 23.7. The van der Waals surface area contributed by atoms with E-state index in [-0.39, 0.29) is 36.2 Å². The van der Waals surface area contributed by atoms with Crippen LogP contribution in [-0.4, -0.2) is 57.9 Å². The first-order chi connectivity index (χ1) is 22.8. The van der Waals surface area contributed by atoms with Gasteiger partial charge in [-0.25, -0.2) is 4.79 Å². The van der Waals surface area contributed by atoms with E-state index < -0.39 is 17.1 Å². The van der Waals surface area contributed by atoms with Gasteiger partial charge in [0.1, 0.15) is 6.10 Å². The fraction of sp³-hybridized carbons (Fsp3) is 0.659. The van der Waals surface area contributed by atoms with E-state index in [4.69, 9.17) is 9.15 Å². The second-order valence-electron chi connectivity index (χ2n) is 15.9. The summed E-state index contributed by atoms with van der Waals surface area (Å²) in [6.07, 6.45) is 11.2. The molecule has 2 saturated carbocycles. The third-order valence-electron chi connectivity index (χ3n) is 12.1. The Kier molecular flexibility index (Phi) is 11.6. The largest absolute Gasteiger partial charge is 0.461 e. The predicted octanol–water partition coefficient (Wildman–Crippen LogP) is 8.86. The van der Waals surface area contributed by atoms with Gasteiger partial charge in [-0.2, -0.15) is 0 Å². The van der Waals surface area contributed by atoms with Crippen molar-refractivity contribution in [2.75, 3.05) is 13.1 Å². The molecule has 1 amide bonds. The van der Waals surface area contributed by atoms with Crippen LogP contribution in [0.2, 0.25) is 0 Å². The molecule has 0 saturated heterocycles. The Morgan fingerprint density at radius 1 is 1.12 bits per heavy atom. The first-order valence-electron chi connectivity index (χ1n) is 18.6. The predicted molar refractivity (Wildman–Crippen MR) is 189 cm³/mol. The van der Waals surface area contributed by atoms with Crippen molar-refractivity contribution in [3.8, 4) is 0 Å². The number of hydrogen-bond donors (Lipinski definition) is 2. The molecule has 264 valence electrons. The SMILES string of the molecule is CCCN(C[C@]1(O)CC[C@H]2c3ccc(cc3C(=O)c3ccco3)C[C@@H](O)CCC(C)=CCC[C@@]21C)C(=O)O[C@H]1C[C@@H](C)CC[C@@H]1C(C)C. The molecule has 48 heavy (non-hydrogen) atoms. The Balaban J connectivity index is 1.51. The van der Waals surface area contributed by atoms with Gasteiger partial charge in [0.05, 0.1) is 24.5 Å². The molecular weight excluding hydrogens is 602 g/mol. The summed E-state index contributed by atoms with van der Waals surface area (Å²) in [7, 11) is 0. The molecule has 0 spiro atoms. The number of aliphatic hydroxyl groups excluding tert-OH is 1. The maximum absolute atomic E-state index is 14.0. The zero-order chi connectivity index (χ0) is 34.6. The number of carbonyl (C=O) groups is 2. The molecule has 6 rings (SSSR count). The van der Waals surface area contributed by atoms with Crippen LogP contribution in [-0.2, 0) is 11.2 Å². The van der Waals surface area contributed by atoms with Gasteiger partial charge in [-0.05, 0) is 124 Å². The van der Waals surface area contributed by atoms with Gasteiger partial charge in [-0.15, -0.1) is 0 Å². The summed E-state index contributed by atoms with van der Waals surface area (Å²) in [6, 6.07) is 9.40. The van der Waals surface area contributed by atoms with E-state index in [1.807, 2.05) is 18.2 Å². The number of rotatable bonds is 8. The van der Waals surface area contributed by atoms with Gasteiger partial charge < -0.3 is 24.3 Å². The summed E-state index contributed by atoms with van der Waals surface area (Å²) in [4.78, 5) is 29.7. The van der Waals surface area contributed by atoms with E-state index in [1.165, 1.54) is 11.8 Å². The standard InChI is InChI=1S/C41H59NO6/c1-7-21-42(39(45)48-37-23-29(5)13-16-32(37)27(2)3)26-41(46)20-18-35-33-17-14-30(25-34(33)38(44)36-11-9-22-47-36)24-31(43)15-12-28(4)10-8-19-40(35,41)6/h9-11,14,17,22,25,27,29,31-32,35,37,43,46H,7-8,12-13,15-16,18-21,23-24,26H2,1-6H3/t29-,31-,32+,35-,37-,40-,41+/m0/s1. The van der Waals surface area contributed by atoms with Gasteiger partial charge >= 0.3 is 6.09 Å². The van der Waals surface area contributed by atoms with Crippen molar-refractivity contribution in [3.63, 3.8) is 0 Å². The van der Waals surface area contributed by atoms with Gasteiger partial charge in [-0.1, -0.05) is 64.8 Å². The zero-order valence-electron chi connectivity index (χ0n) is 30.2. The third kappa shape index (κ3) is 7.78. The van der Waals surface area contributed by atoms with Crippen LogP contribution >= 0.6 is 0 Å². The Hall–Kier alpha value is -2.90. The van der Waals surface area contributed by atoms with E-state index in [2.05, 4.69) is 47.6 Å². The van der Waals surface area contributed by atoms with Crippen LogP contribution in [0.4, 0.5) is 4.79 Å². The van der Waals surface area contributed by atoms with Crippen molar-refractivity contribution in [3.05, 3.63) is 70.7 Å². The fourth-order valence-electron chi connectivity index (χ4n) is 9.01. The highest BCUT2D eigenvalue weighted by atomic mass is 16.6. The second kappa shape index (κ2) is 15.3. The quantitative estimate of drug-likeness (QED) is 0.217. The average Bonchev–Trinajstić information content (AvgIpc) is 3.66. The van der Waals surface area contributed by atoms with E-state index >= 15 is 0 Å². The Bertz CT molecular complexity index is 1430. The van der Waals surface area contributed by atoms with Gasteiger partial charge in [0.25, 0.3) is 0 Å². The van der Waals surface area contributed by atoms with Gasteiger partial charge in [0, 0.05) is 17.5 Å². The van der Waals surface area contributed by atoms with E-state index in [0.717, 1.165) is 49.7 Å². The lowest BCUT2D eigenvalue weighted by molar-refractivity contribution is -0.0862. The van der Waals surface area contributed by atoms with Crippen molar-refractivity contribution in [1.82, 2.24) is 4.90 Å². The molecule has 4 aliphatic carbocycles. The van der Waals surface area contributed by atoms with E-state index in [0.29, 0.717) is 62.0 Å². The van der Waals surface area contributed by atoms with Crippen LogP contribution < -0.4 is 0 Å². The van der Waals surface area contributed by atoms with Crippen molar-refractivity contribution in [1.29, 1.82) is 0 Å². The third-order valence-corrected chi connectivity index (χ3v) is 12.1. The molecule has 2 bridgehead atoms. The van der Waals surface area contributed by atoms with Crippen molar-refractivity contribution >= 4 is 11.9 Å². The highest BCUT2D eigenvalue weighted by molar-refractivity contribution is 6.08. The molecule has 0 unspecified atom stereocenters. The number of fused-ring (bicyclic) bond motifs is 8. The lowest BCUT2D eigenvalue weighted by Gasteiger charge is -2.46. The van der Waals surface area contributed by atoms with Crippen molar-refractivity contribution < 1.29 is 29.0 Å². The number of amides is 1. The minimum absolute atomic E-state index is 0.114. The molecule has 0 aliphatic heterocycles. The molecule has 7 atom stereocenters. The van der Waals surface area contributed by atoms with Crippen molar-refractivity contribution in [2.24, 2.45) is 23.2 Å². The van der Waals surface area contributed by atoms with Crippen molar-refractivity contribution in [2.45, 2.75) is 136 Å². The first-order valence-corrected chi connectivity index (χ1v) is 18.6. The number of furan rings is 1. The van der Waals surface area contributed by atoms with Crippen LogP contribution in [0.1, 0.15) is 139 Å². The molecule has 0 radical (unpaired) electrons. The minimum Gasteiger partial charge on any atom is -0.461 e. The topological polar surface area (TPSA) is 100 Å². The maximum atomic E-state index is 14.0. The fourth-order valence-corrected chi connectivity index (χ4v) is 9.01. The monoisotopic (exact) mass is 661 g/mol. The van der Waals surface area contributed by atoms with Crippen LogP contribution in [0.25, 0.3) is 0 Å². The molecule has 1 heterocycles. The molecule has 1 aromatic carbocycles. The number of ketones is 1. The van der Waals surface area contributed by atoms with E-state index in [9.17, 15) is 19.8 Å². The molecule has 2 N–H and O–H groups in total. The zero-order valence-corrected chi connectivity index (χ0v) is 30.2. The van der Waals surface area contributed by atoms with Crippen LogP contribution in [0.3, 0.4) is 0 Å². The highest BCUT2D eigenvalue weighted by Crippen LogP contribution is 2.59. The number of hydrogen-bond acceptors (Lipinski definition) is 6. The number of nitrogens with zero attached hydrogens (tertiary/aromatic N) is 1. The lowest BCUT2D eigenvalue weighted by Crippen LogP contribution is -2.54. The first kappa shape index (κ1) is 36.4. The molecular formula is C41H59NO6. The Morgan fingerprint density at radius 2 is 1.92 bits per heavy atom. The minimum atomic E-state index is -1.19.